The number of para-hydroxylation sites is 1. The highest BCUT2D eigenvalue weighted by molar-refractivity contribution is 5.95. The number of rotatable bonds is 4. The lowest BCUT2D eigenvalue weighted by Crippen LogP contribution is -2.27. The molecule has 0 saturated carbocycles. The zero-order valence-electron chi connectivity index (χ0n) is 20.9. The molecule has 0 radical (unpaired) electrons. The number of nitrogens with two attached hydrogens (primary N) is 1. The van der Waals surface area contributed by atoms with Crippen LogP contribution < -0.4 is 21.1 Å². The quantitative estimate of drug-likeness (QED) is 0.471. The Labute approximate surface area is 209 Å². The molecule has 36 heavy (non-hydrogen) atoms. The van der Waals surface area contributed by atoms with Crippen LogP contribution in [-0.2, 0) is 7.05 Å². The van der Waals surface area contributed by atoms with Gasteiger partial charge in [0.2, 0.25) is 0 Å². The Morgan fingerprint density at radius 1 is 1.22 bits per heavy atom. The van der Waals surface area contributed by atoms with Gasteiger partial charge in [-0.15, -0.1) is 0 Å². The zero-order valence-corrected chi connectivity index (χ0v) is 20.9. The molecule has 182 valence electrons. The molecule has 1 unspecified atom stereocenters. The predicted octanol–water partition coefficient (Wildman–Crippen LogP) is 3.56. The summed E-state index contributed by atoms with van der Waals surface area (Å²) in [5, 5.41) is 10.7. The van der Waals surface area contributed by atoms with E-state index >= 15 is 0 Å². The molecule has 0 spiro atoms. The normalized spacial score (nSPS) is 15.3. The first-order valence-electron chi connectivity index (χ1n) is 11.9. The molecule has 0 aliphatic carbocycles. The first-order valence-corrected chi connectivity index (χ1v) is 11.9. The molecule has 2 N–H and O–H groups in total. The second kappa shape index (κ2) is 8.96. The number of benzene rings is 1. The molecule has 4 aromatic rings. The molecule has 5 rings (SSSR count). The Morgan fingerprint density at radius 3 is 2.75 bits per heavy atom. The molecule has 0 bridgehead atoms. The number of aryl methyl sites for hydroxylation is 2. The number of fused-ring (bicyclic) bond motifs is 1. The van der Waals surface area contributed by atoms with E-state index in [0.29, 0.717) is 16.9 Å². The van der Waals surface area contributed by atoms with Crippen LogP contribution in [0.15, 0.2) is 47.7 Å². The van der Waals surface area contributed by atoms with Crippen molar-refractivity contribution < 1.29 is 0 Å². The monoisotopic (exact) mass is 480 g/mol. The van der Waals surface area contributed by atoms with Gasteiger partial charge in [-0.3, -0.25) is 4.79 Å². The van der Waals surface area contributed by atoms with Crippen LogP contribution in [0.1, 0.15) is 35.6 Å². The average Bonchev–Trinajstić information content (AvgIpc) is 3.35. The number of nitriles is 1. The largest absolute Gasteiger partial charge is 0.382 e. The highest BCUT2D eigenvalue weighted by Gasteiger charge is 2.32. The van der Waals surface area contributed by atoms with Crippen LogP contribution in [0.25, 0.3) is 22.0 Å². The fourth-order valence-electron chi connectivity index (χ4n) is 5.12. The van der Waals surface area contributed by atoms with Gasteiger partial charge in [0.15, 0.2) is 5.82 Å². The zero-order chi connectivity index (χ0) is 25.6. The van der Waals surface area contributed by atoms with Crippen molar-refractivity contribution in [3.8, 4) is 17.2 Å². The smallest absolute Gasteiger partial charge is 0.253 e. The van der Waals surface area contributed by atoms with Gasteiger partial charge in [-0.25, -0.2) is 15.0 Å². The maximum Gasteiger partial charge on any atom is 0.253 e. The topological polar surface area (TPSA) is 117 Å². The molecule has 1 saturated heterocycles. The molecular weight excluding hydrogens is 452 g/mol. The molecule has 4 heterocycles. The minimum Gasteiger partial charge on any atom is -0.382 e. The van der Waals surface area contributed by atoms with Gasteiger partial charge < -0.3 is 20.1 Å². The number of anilines is 3. The van der Waals surface area contributed by atoms with Gasteiger partial charge in [0.1, 0.15) is 29.6 Å². The van der Waals surface area contributed by atoms with Crippen molar-refractivity contribution in [3.05, 3.63) is 69.9 Å². The van der Waals surface area contributed by atoms with E-state index in [1.165, 1.54) is 6.33 Å². The number of hydrogen-bond acceptors (Lipinski definition) is 8. The van der Waals surface area contributed by atoms with Crippen LogP contribution >= 0.6 is 0 Å². The van der Waals surface area contributed by atoms with E-state index in [1.807, 2.05) is 50.3 Å². The van der Waals surface area contributed by atoms with Crippen molar-refractivity contribution in [1.29, 1.82) is 5.26 Å². The van der Waals surface area contributed by atoms with Crippen LogP contribution in [0.3, 0.4) is 0 Å². The molecule has 9 nitrogen and oxygen atoms in total. The van der Waals surface area contributed by atoms with E-state index in [9.17, 15) is 10.1 Å². The summed E-state index contributed by atoms with van der Waals surface area (Å²) in [4.78, 5) is 30.0. The van der Waals surface area contributed by atoms with Crippen molar-refractivity contribution in [2.24, 2.45) is 7.05 Å². The molecule has 1 aromatic carbocycles. The predicted molar refractivity (Wildman–Crippen MR) is 142 cm³/mol. The van der Waals surface area contributed by atoms with Crippen molar-refractivity contribution >= 4 is 28.4 Å². The first kappa shape index (κ1) is 23.3. The third-order valence-corrected chi connectivity index (χ3v) is 6.80. The molecule has 1 fully saturated rings. The lowest BCUT2D eigenvalue weighted by molar-refractivity contribution is 0.706. The fourth-order valence-corrected chi connectivity index (χ4v) is 5.12. The molecule has 1 aliphatic rings. The van der Waals surface area contributed by atoms with Gasteiger partial charge in [0.05, 0.1) is 11.6 Å². The summed E-state index contributed by atoms with van der Waals surface area (Å²) in [6.45, 7) is 2.59. The van der Waals surface area contributed by atoms with Crippen LogP contribution in [0.5, 0.6) is 0 Å². The van der Waals surface area contributed by atoms with Crippen LogP contribution in [0, 0.1) is 18.3 Å². The standard InChI is InChI=1S/C27H28N8O/c1-16-11-18(14-34(4)27(16)36)19-8-5-7-17-12-20(26(33(2)3)32-23(17)19)22-9-6-10-35(22)25-21(13-28)24(29)30-15-31-25/h5,7-8,11-12,14-15,22H,6,9-10H2,1-4H3,(H2,29,30,31). The average molecular weight is 481 g/mol. The van der Waals surface area contributed by atoms with Gasteiger partial charge in [0.25, 0.3) is 5.56 Å². The van der Waals surface area contributed by atoms with E-state index in [1.54, 1.807) is 11.6 Å². The Hall–Kier alpha value is -4.45. The van der Waals surface area contributed by atoms with Crippen molar-refractivity contribution in [1.82, 2.24) is 19.5 Å². The van der Waals surface area contributed by atoms with Crippen molar-refractivity contribution in [2.45, 2.75) is 25.8 Å². The number of nitrogen functional groups attached to an aromatic ring is 1. The van der Waals surface area contributed by atoms with E-state index in [-0.39, 0.29) is 17.4 Å². The molecule has 9 heteroatoms. The molecular formula is C27H28N8O. The summed E-state index contributed by atoms with van der Waals surface area (Å²) in [5.74, 6) is 1.61. The van der Waals surface area contributed by atoms with E-state index in [4.69, 9.17) is 10.7 Å². The molecule has 1 aliphatic heterocycles. The summed E-state index contributed by atoms with van der Waals surface area (Å²) >= 11 is 0. The summed E-state index contributed by atoms with van der Waals surface area (Å²) in [5.41, 5.74) is 10.8. The van der Waals surface area contributed by atoms with E-state index < -0.39 is 0 Å². The lowest BCUT2D eigenvalue weighted by atomic mass is 9.98. The summed E-state index contributed by atoms with van der Waals surface area (Å²) in [6.07, 6.45) is 5.13. The Morgan fingerprint density at radius 2 is 2.03 bits per heavy atom. The minimum absolute atomic E-state index is 0.00775. The van der Waals surface area contributed by atoms with Gasteiger partial charge in [-0.1, -0.05) is 18.2 Å². The van der Waals surface area contributed by atoms with Crippen molar-refractivity contribution in [3.63, 3.8) is 0 Å². The third-order valence-electron chi connectivity index (χ3n) is 6.80. The van der Waals surface area contributed by atoms with Crippen LogP contribution in [0.2, 0.25) is 0 Å². The number of nitrogens with zero attached hydrogens (tertiary/aromatic N) is 7. The van der Waals surface area contributed by atoms with Gasteiger partial charge in [-0.05, 0) is 31.9 Å². The van der Waals surface area contributed by atoms with Crippen LogP contribution in [-0.4, -0.2) is 40.2 Å². The minimum atomic E-state index is -0.0100. The maximum atomic E-state index is 12.3. The third kappa shape index (κ3) is 3.81. The summed E-state index contributed by atoms with van der Waals surface area (Å²) in [6, 6.07) is 12.4. The van der Waals surface area contributed by atoms with Crippen molar-refractivity contribution in [2.75, 3.05) is 36.2 Å². The second-order valence-electron chi connectivity index (χ2n) is 9.42. The molecule has 0 amide bonds. The Kier molecular flexibility index (Phi) is 5.80. The highest BCUT2D eigenvalue weighted by atomic mass is 16.1. The fraction of sp³-hybridized carbons (Fsp3) is 0.296. The summed E-state index contributed by atoms with van der Waals surface area (Å²) in [7, 11) is 5.74. The Bertz CT molecular complexity index is 1560. The second-order valence-corrected chi connectivity index (χ2v) is 9.42. The lowest BCUT2D eigenvalue weighted by Gasteiger charge is -2.30. The number of hydrogen-bond donors (Lipinski definition) is 1. The number of pyridine rings is 2. The summed E-state index contributed by atoms with van der Waals surface area (Å²) < 4.78 is 1.61. The van der Waals surface area contributed by atoms with E-state index in [0.717, 1.165) is 52.8 Å². The molecule has 1 atom stereocenters. The van der Waals surface area contributed by atoms with Gasteiger partial charge in [-0.2, -0.15) is 5.26 Å². The SMILES string of the molecule is Cc1cc(-c2cccc3cc(C4CCCN4c4ncnc(N)c4C#N)c(N(C)C)nc23)cn(C)c1=O. The van der Waals surface area contributed by atoms with Gasteiger partial charge in [0, 0.05) is 61.5 Å². The Balaban J connectivity index is 1.69. The van der Waals surface area contributed by atoms with E-state index in [2.05, 4.69) is 33.1 Å². The number of aromatic nitrogens is 4. The van der Waals surface area contributed by atoms with Crippen LogP contribution in [0.4, 0.5) is 17.5 Å². The van der Waals surface area contributed by atoms with Gasteiger partial charge >= 0.3 is 0 Å². The molecule has 3 aromatic heterocycles. The highest BCUT2D eigenvalue weighted by Crippen LogP contribution is 2.42. The maximum absolute atomic E-state index is 12.3. The first-order chi connectivity index (χ1) is 17.3.